The van der Waals surface area contributed by atoms with Crippen molar-refractivity contribution in [3.63, 3.8) is 0 Å². The van der Waals surface area contributed by atoms with E-state index in [1.165, 1.54) is 91.9 Å². The summed E-state index contributed by atoms with van der Waals surface area (Å²) < 4.78 is 2.66. The average Bonchev–Trinajstić information content (AvgIpc) is 3.73. The van der Waals surface area contributed by atoms with Crippen LogP contribution < -0.4 is 4.90 Å². The van der Waals surface area contributed by atoms with E-state index in [4.69, 9.17) is 0 Å². The molecule has 1 aromatic heterocycles. The van der Waals surface area contributed by atoms with Crippen molar-refractivity contribution in [2.75, 3.05) is 4.90 Å². The first kappa shape index (κ1) is 32.0. The number of thiophene rings is 1. The fraction of sp³-hybridized carbons (Fsp3) is 0.0566. The van der Waals surface area contributed by atoms with Crippen LogP contribution in [0.2, 0.25) is 0 Å². The van der Waals surface area contributed by atoms with Gasteiger partial charge in [0.15, 0.2) is 0 Å². The highest BCUT2D eigenvalue weighted by Gasteiger charge is 2.36. The Kier molecular flexibility index (Phi) is 7.14. The molecule has 0 saturated heterocycles. The maximum Gasteiger partial charge on any atom is 0.0546 e. The van der Waals surface area contributed by atoms with Crippen LogP contribution in [0.25, 0.3) is 75.1 Å². The van der Waals surface area contributed by atoms with Crippen molar-refractivity contribution >= 4 is 70.1 Å². The number of rotatable bonds is 5. The zero-order valence-corrected chi connectivity index (χ0v) is 31.6. The van der Waals surface area contributed by atoms with E-state index in [0.29, 0.717) is 0 Å². The highest BCUT2D eigenvalue weighted by molar-refractivity contribution is 7.26. The third kappa shape index (κ3) is 4.92. The molecule has 1 heterocycles. The summed E-state index contributed by atoms with van der Waals surface area (Å²) in [6, 6.07) is 69.6. The van der Waals surface area contributed by atoms with Crippen molar-refractivity contribution < 1.29 is 0 Å². The second-order valence-corrected chi connectivity index (χ2v) is 16.3. The predicted molar refractivity (Wildman–Crippen MR) is 237 cm³/mol. The highest BCUT2D eigenvalue weighted by atomic mass is 32.1. The molecule has 0 aliphatic heterocycles. The largest absolute Gasteiger partial charge is 0.310 e. The lowest BCUT2D eigenvalue weighted by Crippen LogP contribution is -2.16. The highest BCUT2D eigenvalue weighted by Crippen LogP contribution is 2.51. The summed E-state index contributed by atoms with van der Waals surface area (Å²) in [7, 11) is 0. The summed E-state index contributed by atoms with van der Waals surface area (Å²) in [5.74, 6) is 0. The molecule has 1 aliphatic carbocycles. The molecule has 9 aromatic carbocycles. The minimum absolute atomic E-state index is 0.107. The van der Waals surface area contributed by atoms with Gasteiger partial charge in [0.05, 0.1) is 5.69 Å². The Labute approximate surface area is 325 Å². The maximum absolute atomic E-state index is 2.47. The topological polar surface area (TPSA) is 3.24 Å². The standard InChI is InChI=1S/C53H37NS/c1-53(2)48-24-11-9-19-42(48)43-31-30-37(33-49(43)53)54(50-32-35-14-3-4-16-39(35)40-17-7-8-20-44(40)50)36-28-26-34(27-29-36)38-15-5-6-18-41(38)46-22-13-23-47-45-21-10-12-25-51(45)55-52(46)47/h3-33H,1-2H3. The lowest BCUT2D eigenvalue weighted by molar-refractivity contribution is 0.660. The van der Waals surface area contributed by atoms with Gasteiger partial charge >= 0.3 is 0 Å². The fourth-order valence-corrected chi connectivity index (χ4v) is 10.4. The molecule has 0 unspecified atom stereocenters. The van der Waals surface area contributed by atoms with E-state index < -0.39 is 0 Å². The first-order valence-electron chi connectivity index (χ1n) is 19.1. The SMILES string of the molecule is CC1(C)c2ccccc2-c2ccc(N(c3ccc(-c4ccccc4-c4cccc5c4sc4ccccc45)cc3)c3cc4ccccc4c4ccccc34)cc21. The summed E-state index contributed by atoms with van der Waals surface area (Å²) in [5, 5.41) is 7.64. The van der Waals surface area contributed by atoms with E-state index in [1.54, 1.807) is 0 Å². The molecule has 0 saturated carbocycles. The van der Waals surface area contributed by atoms with Crippen LogP contribution in [0.1, 0.15) is 25.0 Å². The molecule has 55 heavy (non-hydrogen) atoms. The molecule has 2 heteroatoms. The van der Waals surface area contributed by atoms with Gasteiger partial charge in [0, 0.05) is 47.9 Å². The minimum Gasteiger partial charge on any atom is -0.310 e. The van der Waals surface area contributed by atoms with Gasteiger partial charge in [-0.25, -0.2) is 0 Å². The lowest BCUT2D eigenvalue weighted by atomic mass is 9.82. The van der Waals surface area contributed by atoms with E-state index in [0.717, 1.165) is 11.4 Å². The zero-order chi connectivity index (χ0) is 36.7. The summed E-state index contributed by atoms with van der Waals surface area (Å²) in [5.41, 5.74) is 13.7. The Morgan fingerprint density at radius 3 is 1.84 bits per heavy atom. The van der Waals surface area contributed by atoms with Crippen LogP contribution in [-0.4, -0.2) is 0 Å². The first-order chi connectivity index (χ1) is 27.0. The smallest absolute Gasteiger partial charge is 0.0546 e. The zero-order valence-electron chi connectivity index (χ0n) is 30.8. The molecular weight excluding hydrogens is 683 g/mol. The summed E-state index contributed by atoms with van der Waals surface area (Å²) in [6.07, 6.45) is 0. The second-order valence-electron chi connectivity index (χ2n) is 15.3. The molecule has 1 nitrogen and oxygen atoms in total. The number of hydrogen-bond donors (Lipinski definition) is 0. The normalized spacial score (nSPS) is 13.1. The number of nitrogens with zero attached hydrogens (tertiary/aromatic N) is 1. The Hall–Kier alpha value is -6.48. The van der Waals surface area contributed by atoms with Crippen LogP contribution in [0, 0.1) is 0 Å². The second kappa shape index (κ2) is 12.3. The molecule has 0 amide bonds. The molecule has 11 rings (SSSR count). The maximum atomic E-state index is 2.47. The summed E-state index contributed by atoms with van der Waals surface area (Å²) in [4.78, 5) is 2.47. The lowest BCUT2D eigenvalue weighted by Gasteiger charge is -2.29. The van der Waals surface area contributed by atoms with Crippen LogP contribution in [0.15, 0.2) is 188 Å². The van der Waals surface area contributed by atoms with Crippen molar-refractivity contribution in [1.82, 2.24) is 0 Å². The van der Waals surface area contributed by atoms with Crippen molar-refractivity contribution in [3.05, 3.63) is 199 Å². The van der Waals surface area contributed by atoms with E-state index in [-0.39, 0.29) is 5.41 Å². The molecule has 10 aromatic rings. The van der Waals surface area contributed by atoms with Crippen LogP contribution in [0.5, 0.6) is 0 Å². The van der Waals surface area contributed by atoms with E-state index in [9.17, 15) is 0 Å². The molecule has 260 valence electrons. The third-order valence-corrected chi connectivity index (χ3v) is 13.1. The van der Waals surface area contributed by atoms with Crippen molar-refractivity contribution in [3.8, 4) is 33.4 Å². The predicted octanol–water partition coefficient (Wildman–Crippen LogP) is 15.5. The van der Waals surface area contributed by atoms with E-state index in [1.807, 2.05) is 11.3 Å². The van der Waals surface area contributed by atoms with Crippen LogP contribution in [0.3, 0.4) is 0 Å². The van der Waals surface area contributed by atoms with Gasteiger partial charge in [0.2, 0.25) is 0 Å². The monoisotopic (exact) mass is 719 g/mol. The van der Waals surface area contributed by atoms with Crippen molar-refractivity contribution in [2.24, 2.45) is 0 Å². The minimum atomic E-state index is -0.107. The first-order valence-corrected chi connectivity index (χ1v) is 19.9. The molecule has 0 fully saturated rings. The quantitative estimate of drug-likeness (QED) is 0.160. The van der Waals surface area contributed by atoms with E-state index in [2.05, 4.69) is 207 Å². The summed E-state index contributed by atoms with van der Waals surface area (Å²) >= 11 is 1.89. The Balaban J connectivity index is 1.09. The van der Waals surface area contributed by atoms with Gasteiger partial charge in [-0.3, -0.25) is 0 Å². The number of benzene rings is 9. The van der Waals surface area contributed by atoms with Crippen LogP contribution in [-0.2, 0) is 5.41 Å². The molecule has 0 radical (unpaired) electrons. The van der Waals surface area contributed by atoms with Crippen molar-refractivity contribution in [1.29, 1.82) is 0 Å². The van der Waals surface area contributed by atoms with Gasteiger partial charge in [0.1, 0.15) is 0 Å². The van der Waals surface area contributed by atoms with Gasteiger partial charge in [-0.1, -0.05) is 166 Å². The third-order valence-electron chi connectivity index (χ3n) is 11.9. The van der Waals surface area contributed by atoms with Crippen LogP contribution in [0.4, 0.5) is 17.1 Å². The van der Waals surface area contributed by atoms with Gasteiger partial charge in [-0.05, 0) is 91.5 Å². The van der Waals surface area contributed by atoms with E-state index >= 15 is 0 Å². The molecule has 0 atom stereocenters. The Morgan fingerprint density at radius 1 is 0.400 bits per heavy atom. The molecule has 0 N–H and O–H groups in total. The summed E-state index contributed by atoms with van der Waals surface area (Å²) in [6.45, 7) is 4.73. The molecule has 0 spiro atoms. The van der Waals surface area contributed by atoms with Crippen LogP contribution >= 0.6 is 11.3 Å². The number of hydrogen-bond acceptors (Lipinski definition) is 2. The molecule has 1 aliphatic rings. The van der Waals surface area contributed by atoms with Gasteiger partial charge in [0.25, 0.3) is 0 Å². The molecular formula is C53H37NS. The Bertz CT molecular complexity index is 3130. The molecule has 0 bridgehead atoms. The number of anilines is 3. The van der Waals surface area contributed by atoms with Crippen molar-refractivity contribution in [2.45, 2.75) is 19.3 Å². The van der Waals surface area contributed by atoms with Gasteiger partial charge in [-0.2, -0.15) is 0 Å². The van der Waals surface area contributed by atoms with Gasteiger partial charge < -0.3 is 4.90 Å². The van der Waals surface area contributed by atoms with Gasteiger partial charge in [-0.15, -0.1) is 11.3 Å². The fourth-order valence-electron chi connectivity index (χ4n) is 9.20. The average molecular weight is 720 g/mol. The Morgan fingerprint density at radius 2 is 1.00 bits per heavy atom. The number of fused-ring (bicyclic) bond motifs is 9.